The Bertz CT molecular complexity index is 21.6. The minimum Gasteiger partial charge on any atom is -0.471 e. The quantitative estimate of drug-likeness (QED) is 0.356. The van der Waals surface area contributed by atoms with Gasteiger partial charge in [-0.15, -0.1) is 0 Å². The average molecular weight is 124 g/mol. The van der Waals surface area contributed by atoms with E-state index in [4.69, 9.17) is 4.79 Å². The first-order valence-electron chi connectivity index (χ1n) is 0.880. The van der Waals surface area contributed by atoms with Crippen LogP contribution in [0.2, 0.25) is 0 Å². The van der Waals surface area contributed by atoms with Crippen LogP contribution in [0.25, 0.3) is 0 Å². The Balaban J connectivity index is 0. The van der Waals surface area contributed by atoms with Gasteiger partial charge in [0.25, 0.3) is 6.47 Å². The van der Waals surface area contributed by atoms with Gasteiger partial charge in [0.2, 0.25) is 0 Å². The van der Waals surface area contributed by atoms with Crippen LogP contribution in [-0.2, 0) is 26.6 Å². The number of ether oxygens (including phenoxy) is 1. The maximum absolute atomic E-state index is 8.95. The van der Waals surface area contributed by atoms with Gasteiger partial charge in [-0.05, 0) is 0 Å². The Morgan fingerprint density at radius 1 is 1.80 bits per heavy atom. The number of rotatable bonds is 1. The summed E-state index contributed by atoms with van der Waals surface area (Å²) in [5, 5.41) is 0. The summed E-state index contributed by atoms with van der Waals surface area (Å²) in [5.41, 5.74) is 0. The fourth-order valence-corrected chi connectivity index (χ4v) is 0. The van der Waals surface area contributed by atoms with Crippen LogP contribution in [-0.4, -0.2) is 13.6 Å². The molecule has 0 amide bonds. The summed E-state index contributed by atoms with van der Waals surface area (Å²) in [5.74, 6) is 0. The normalized spacial score (nSPS) is 4.20. The molecule has 0 spiro atoms. The van der Waals surface area contributed by atoms with Crippen LogP contribution < -0.4 is 0 Å². The zero-order chi connectivity index (χ0) is 3.41. The average Bonchev–Trinajstić information content (AvgIpc) is 1.37. The van der Waals surface area contributed by atoms with E-state index in [0.717, 1.165) is 0 Å². The van der Waals surface area contributed by atoms with E-state index >= 15 is 0 Å². The van der Waals surface area contributed by atoms with E-state index in [0.29, 0.717) is 6.47 Å². The zero-order valence-electron chi connectivity index (χ0n) is 2.70. The van der Waals surface area contributed by atoms with Crippen LogP contribution >= 0.6 is 0 Å². The fraction of sp³-hybridized carbons (Fsp3) is 0.500. The van der Waals surface area contributed by atoms with Gasteiger partial charge in [-0.25, -0.2) is 0 Å². The van der Waals surface area contributed by atoms with Crippen LogP contribution in [0.1, 0.15) is 0 Å². The van der Waals surface area contributed by atoms with Gasteiger partial charge in [0, 0.05) is 17.1 Å². The van der Waals surface area contributed by atoms with E-state index in [-0.39, 0.29) is 17.1 Å². The van der Waals surface area contributed by atoms with Crippen LogP contribution in [0, 0.1) is 0 Å². The summed E-state index contributed by atoms with van der Waals surface area (Å²) in [7, 11) is 1.31. The molecule has 0 aromatic carbocycles. The fourth-order valence-electron chi connectivity index (χ4n) is 0. The van der Waals surface area contributed by atoms with Crippen molar-refractivity contribution in [1.29, 1.82) is 0 Å². The van der Waals surface area contributed by atoms with Crippen LogP contribution in [0.4, 0.5) is 0 Å². The van der Waals surface area contributed by atoms with E-state index < -0.39 is 0 Å². The Labute approximate surface area is 41.0 Å². The Morgan fingerprint density at radius 2 is 2.00 bits per heavy atom. The van der Waals surface area contributed by atoms with Gasteiger partial charge >= 0.3 is 0 Å². The van der Waals surface area contributed by atoms with Gasteiger partial charge in [0.15, 0.2) is 0 Å². The molecule has 0 unspecified atom stereocenters. The number of hydrogen-bond acceptors (Lipinski definition) is 2. The molecule has 0 fully saturated rings. The predicted molar refractivity (Wildman–Crippen MR) is 13.1 cm³/mol. The molecule has 0 aromatic rings. The van der Waals surface area contributed by atoms with Gasteiger partial charge in [-0.3, -0.25) is 4.79 Å². The maximum Gasteiger partial charge on any atom is 0.292 e. The molecule has 2 nitrogen and oxygen atoms in total. The molecule has 0 saturated heterocycles. The number of hydrogen-bond donors (Lipinski definition) is 0. The van der Waals surface area contributed by atoms with Gasteiger partial charge < -0.3 is 4.74 Å². The van der Waals surface area contributed by atoms with E-state index in [1.54, 1.807) is 0 Å². The van der Waals surface area contributed by atoms with Crippen LogP contribution in [0.15, 0.2) is 0 Å². The van der Waals surface area contributed by atoms with Gasteiger partial charge in [-0.1, -0.05) is 0 Å². The second-order valence-corrected chi connectivity index (χ2v) is 0.332. The molecule has 0 saturated carbocycles. The van der Waals surface area contributed by atoms with E-state index in [2.05, 4.69) is 4.74 Å². The third-order valence-corrected chi connectivity index (χ3v) is 0.0962. The van der Waals surface area contributed by atoms with Crippen LogP contribution in [0.3, 0.4) is 0 Å². The van der Waals surface area contributed by atoms with Crippen molar-refractivity contribution in [1.82, 2.24) is 0 Å². The topological polar surface area (TPSA) is 26.3 Å². The summed E-state index contributed by atoms with van der Waals surface area (Å²) < 4.78 is 3.86. The van der Waals surface area contributed by atoms with Gasteiger partial charge in [0.05, 0.1) is 7.11 Å². The third kappa shape index (κ3) is 16.1. The molecule has 0 aliphatic heterocycles. The number of carbonyl (C=O) groups excluding carboxylic acids is 1. The monoisotopic (exact) mass is 123 g/mol. The summed E-state index contributed by atoms with van der Waals surface area (Å²) in [4.78, 5) is 8.95. The molecule has 35 valence electrons. The minimum atomic E-state index is 0. The van der Waals surface area contributed by atoms with Crippen molar-refractivity contribution in [2.24, 2.45) is 0 Å². The molecule has 0 atom stereocenters. The molecule has 5 heavy (non-hydrogen) atoms. The maximum atomic E-state index is 8.95. The predicted octanol–water partition coefficient (Wildman–Crippen LogP) is -0.213. The summed E-state index contributed by atoms with van der Waals surface area (Å²) >= 11 is 0. The van der Waals surface area contributed by atoms with Crippen molar-refractivity contribution in [3.63, 3.8) is 0 Å². The van der Waals surface area contributed by atoms with Gasteiger partial charge in [0.1, 0.15) is 0 Å². The molecule has 0 heterocycles. The first-order valence-corrected chi connectivity index (χ1v) is 0.880. The standard InChI is InChI=1S/C2H4O2.Cu/c1-4-2-3;/h2H,1H3;. The van der Waals surface area contributed by atoms with E-state index in [1.807, 2.05) is 0 Å². The van der Waals surface area contributed by atoms with Crippen LogP contribution in [0.5, 0.6) is 0 Å². The SMILES string of the molecule is COC=O.[Cu]. The second-order valence-electron chi connectivity index (χ2n) is 0.332. The molecule has 0 N–H and O–H groups in total. The first kappa shape index (κ1) is 8.89. The number of carbonyl (C=O) groups is 1. The molecule has 0 aliphatic carbocycles. The largest absolute Gasteiger partial charge is 0.471 e. The summed E-state index contributed by atoms with van der Waals surface area (Å²) in [6, 6.07) is 0. The summed E-state index contributed by atoms with van der Waals surface area (Å²) in [6.45, 7) is 0.375. The molecule has 1 radical (unpaired) electrons. The zero-order valence-corrected chi connectivity index (χ0v) is 3.64. The van der Waals surface area contributed by atoms with Crippen molar-refractivity contribution in [3.8, 4) is 0 Å². The summed E-state index contributed by atoms with van der Waals surface area (Å²) in [6.07, 6.45) is 0. The molecule has 3 heteroatoms. The minimum absolute atomic E-state index is 0. The Hall–Kier alpha value is -0.0105. The van der Waals surface area contributed by atoms with Crippen molar-refractivity contribution >= 4 is 6.47 Å². The molecular weight excluding hydrogens is 120 g/mol. The van der Waals surface area contributed by atoms with Crippen molar-refractivity contribution in [3.05, 3.63) is 0 Å². The molecule has 0 aromatic heterocycles. The molecule has 0 rings (SSSR count). The molecular formula is C2H4CuO2. The van der Waals surface area contributed by atoms with Crippen molar-refractivity contribution < 1.29 is 26.6 Å². The first-order chi connectivity index (χ1) is 1.91. The smallest absolute Gasteiger partial charge is 0.292 e. The number of methoxy groups -OCH3 is 1. The second kappa shape index (κ2) is 9.01. The Morgan fingerprint density at radius 3 is 2.00 bits per heavy atom. The molecule has 0 bridgehead atoms. The third-order valence-electron chi connectivity index (χ3n) is 0.0962. The van der Waals surface area contributed by atoms with E-state index in [9.17, 15) is 0 Å². The van der Waals surface area contributed by atoms with Crippen molar-refractivity contribution in [2.45, 2.75) is 0 Å². The molecule has 0 aliphatic rings. The van der Waals surface area contributed by atoms with E-state index in [1.165, 1.54) is 7.11 Å². The Kier molecular flexibility index (Phi) is 16.0. The van der Waals surface area contributed by atoms with Gasteiger partial charge in [-0.2, -0.15) is 0 Å². The van der Waals surface area contributed by atoms with Crippen molar-refractivity contribution in [2.75, 3.05) is 7.11 Å².